The Labute approximate surface area is 136 Å². The summed E-state index contributed by atoms with van der Waals surface area (Å²) in [5.74, 6) is 0. The number of hydrogen-bond acceptors (Lipinski definition) is 3. The van der Waals surface area contributed by atoms with Gasteiger partial charge in [0.15, 0.2) is 0 Å². The number of benzene rings is 1. The Morgan fingerprint density at radius 1 is 1.00 bits per heavy atom. The van der Waals surface area contributed by atoms with E-state index in [-0.39, 0.29) is 18.3 Å². The Balaban J connectivity index is 2.23. The van der Waals surface area contributed by atoms with Gasteiger partial charge in [-0.15, -0.1) is 0 Å². The predicted molar refractivity (Wildman–Crippen MR) is 93.5 cm³/mol. The fourth-order valence-electron chi connectivity index (χ4n) is 2.68. The SMILES string of the molecule is CCN(CC)Cc1cc(B2OC(C)(C)C(C)(C)O2)ccc1C. The van der Waals surface area contributed by atoms with E-state index in [0.29, 0.717) is 0 Å². The van der Waals surface area contributed by atoms with Gasteiger partial charge in [0.25, 0.3) is 0 Å². The predicted octanol–water partition coefficient (Wildman–Crippen LogP) is 3.14. The normalized spacial score (nSPS) is 19.9. The highest BCUT2D eigenvalue weighted by Crippen LogP contribution is 2.36. The summed E-state index contributed by atoms with van der Waals surface area (Å²) in [6.07, 6.45) is 0. The van der Waals surface area contributed by atoms with Crippen LogP contribution in [-0.2, 0) is 15.9 Å². The van der Waals surface area contributed by atoms with E-state index in [2.05, 4.69) is 71.6 Å². The molecule has 0 aliphatic carbocycles. The highest BCUT2D eigenvalue weighted by Gasteiger charge is 2.51. The molecule has 1 aromatic carbocycles. The summed E-state index contributed by atoms with van der Waals surface area (Å²) in [5, 5.41) is 0. The van der Waals surface area contributed by atoms with Gasteiger partial charge in [-0.3, -0.25) is 4.90 Å². The van der Waals surface area contributed by atoms with Gasteiger partial charge < -0.3 is 9.31 Å². The highest BCUT2D eigenvalue weighted by molar-refractivity contribution is 6.62. The molecule has 1 aliphatic heterocycles. The molecule has 1 aliphatic rings. The Kier molecular flexibility index (Phi) is 5.05. The lowest BCUT2D eigenvalue weighted by Gasteiger charge is -2.32. The number of rotatable bonds is 5. The number of nitrogens with zero attached hydrogens (tertiary/aromatic N) is 1. The van der Waals surface area contributed by atoms with Crippen LogP contribution >= 0.6 is 0 Å². The van der Waals surface area contributed by atoms with Crippen molar-refractivity contribution in [1.82, 2.24) is 4.90 Å². The van der Waals surface area contributed by atoms with Crippen LogP contribution in [0, 0.1) is 6.92 Å². The third kappa shape index (κ3) is 3.39. The maximum atomic E-state index is 6.17. The molecule has 1 fully saturated rings. The van der Waals surface area contributed by atoms with Crippen molar-refractivity contribution in [3.8, 4) is 0 Å². The van der Waals surface area contributed by atoms with Crippen LogP contribution in [0.2, 0.25) is 0 Å². The zero-order valence-corrected chi connectivity index (χ0v) is 15.2. The van der Waals surface area contributed by atoms with Gasteiger partial charge in [0, 0.05) is 6.54 Å². The van der Waals surface area contributed by atoms with Crippen LogP contribution in [0.3, 0.4) is 0 Å². The molecule has 0 aromatic heterocycles. The average molecular weight is 303 g/mol. The van der Waals surface area contributed by atoms with Crippen molar-refractivity contribution in [2.75, 3.05) is 13.1 Å². The summed E-state index contributed by atoms with van der Waals surface area (Å²) < 4.78 is 12.3. The zero-order valence-electron chi connectivity index (χ0n) is 15.2. The Bertz CT molecular complexity index is 508. The van der Waals surface area contributed by atoms with Gasteiger partial charge in [0.2, 0.25) is 0 Å². The quantitative estimate of drug-likeness (QED) is 0.780. The summed E-state index contributed by atoms with van der Waals surface area (Å²) in [7, 11) is -0.277. The number of aryl methyl sites for hydroxylation is 1. The van der Waals surface area contributed by atoms with Crippen LogP contribution in [0.15, 0.2) is 18.2 Å². The van der Waals surface area contributed by atoms with Gasteiger partial charge in [-0.25, -0.2) is 0 Å². The van der Waals surface area contributed by atoms with Crippen molar-refractivity contribution in [3.05, 3.63) is 29.3 Å². The van der Waals surface area contributed by atoms with E-state index >= 15 is 0 Å². The lowest BCUT2D eigenvalue weighted by molar-refractivity contribution is 0.00578. The van der Waals surface area contributed by atoms with Crippen LogP contribution in [0.25, 0.3) is 0 Å². The van der Waals surface area contributed by atoms with Crippen LogP contribution in [0.1, 0.15) is 52.7 Å². The van der Waals surface area contributed by atoms with E-state index in [1.807, 2.05) is 0 Å². The van der Waals surface area contributed by atoms with Gasteiger partial charge >= 0.3 is 7.12 Å². The lowest BCUT2D eigenvalue weighted by Crippen LogP contribution is -2.41. The minimum Gasteiger partial charge on any atom is -0.399 e. The molecule has 0 amide bonds. The topological polar surface area (TPSA) is 21.7 Å². The minimum absolute atomic E-state index is 0.277. The fourth-order valence-corrected chi connectivity index (χ4v) is 2.68. The van der Waals surface area contributed by atoms with Crippen LogP contribution in [0.5, 0.6) is 0 Å². The molecule has 1 saturated heterocycles. The maximum absolute atomic E-state index is 6.17. The van der Waals surface area contributed by atoms with Gasteiger partial charge in [-0.05, 0) is 64.3 Å². The molecule has 1 aromatic rings. The third-order valence-electron chi connectivity index (χ3n) is 5.19. The molecular weight excluding hydrogens is 273 g/mol. The molecule has 2 rings (SSSR count). The monoisotopic (exact) mass is 303 g/mol. The first kappa shape index (κ1) is 17.5. The van der Waals surface area contributed by atoms with Crippen LogP contribution in [-0.4, -0.2) is 36.3 Å². The summed E-state index contributed by atoms with van der Waals surface area (Å²) in [6.45, 7) is 18.1. The second-order valence-corrected chi connectivity index (χ2v) is 7.24. The van der Waals surface area contributed by atoms with Crippen LogP contribution in [0.4, 0.5) is 0 Å². The van der Waals surface area contributed by atoms with Gasteiger partial charge in [0.05, 0.1) is 11.2 Å². The molecule has 4 heteroatoms. The molecule has 0 spiro atoms. The molecule has 0 radical (unpaired) electrons. The molecule has 22 heavy (non-hydrogen) atoms. The first-order chi connectivity index (χ1) is 10.2. The van der Waals surface area contributed by atoms with E-state index in [1.165, 1.54) is 11.1 Å². The maximum Gasteiger partial charge on any atom is 0.494 e. The van der Waals surface area contributed by atoms with Crippen molar-refractivity contribution in [1.29, 1.82) is 0 Å². The van der Waals surface area contributed by atoms with Crippen molar-refractivity contribution in [2.24, 2.45) is 0 Å². The lowest BCUT2D eigenvalue weighted by atomic mass is 9.77. The van der Waals surface area contributed by atoms with E-state index in [9.17, 15) is 0 Å². The summed E-state index contributed by atoms with van der Waals surface area (Å²) in [4.78, 5) is 2.43. The van der Waals surface area contributed by atoms with Crippen molar-refractivity contribution in [3.63, 3.8) is 0 Å². The molecule has 0 N–H and O–H groups in total. The largest absolute Gasteiger partial charge is 0.494 e. The first-order valence-electron chi connectivity index (χ1n) is 8.37. The molecule has 0 unspecified atom stereocenters. The van der Waals surface area contributed by atoms with Gasteiger partial charge in [-0.2, -0.15) is 0 Å². The molecule has 0 bridgehead atoms. The summed E-state index contributed by atoms with van der Waals surface area (Å²) >= 11 is 0. The van der Waals surface area contributed by atoms with Crippen molar-refractivity contribution < 1.29 is 9.31 Å². The summed E-state index contributed by atoms with van der Waals surface area (Å²) in [5.41, 5.74) is 3.22. The van der Waals surface area contributed by atoms with Crippen molar-refractivity contribution >= 4 is 12.6 Å². The molecular formula is C18H30BNO2. The minimum atomic E-state index is -0.290. The molecule has 0 atom stereocenters. The Morgan fingerprint density at radius 2 is 1.55 bits per heavy atom. The third-order valence-corrected chi connectivity index (χ3v) is 5.19. The molecule has 0 saturated carbocycles. The molecule has 122 valence electrons. The molecule has 3 nitrogen and oxygen atoms in total. The van der Waals surface area contributed by atoms with Gasteiger partial charge in [0.1, 0.15) is 0 Å². The van der Waals surface area contributed by atoms with Crippen LogP contribution < -0.4 is 5.46 Å². The smallest absolute Gasteiger partial charge is 0.399 e. The molecule has 1 heterocycles. The highest BCUT2D eigenvalue weighted by atomic mass is 16.7. The van der Waals surface area contributed by atoms with Crippen molar-refractivity contribution in [2.45, 2.75) is 66.2 Å². The standard InChI is InChI=1S/C18H30BNO2/c1-8-20(9-2)13-15-12-16(11-10-14(15)3)19-21-17(4,5)18(6,7)22-19/h10-12H,8-9,13H2,1-7H3. The first-order valence-corrected chi connectivity index (χ1v) is 8.37. The van der Waals surface area contributed by atoms with E-state index in [1.54, 1.807) is 0 Å². The van der Waals surface area contributed by atoms with E-state index in [0.717, 1.165) is 25.1 Å². The fraction of sp³-hybridized carbons (Fsp3) is 0.667. The second kappa shape index (κ2) is 6.35. The average Bonchev–Trinajstić information content (AvgIpc) is 2.66. The second-order valence-electron chi connectivity index (χ2n) is 7.24. The van der Waals surface area contributed by atoms with Gasteiger partial charge in [-0.1, -0.05) is 32.0 Å². The zero-order chi connectivity index (χ0) is 16.5. The Hall–Kier alpha value is -0.835. The van der Waals surface area contributed by atoms with E-state index < -0.39 is 0 Å². The number of hydrogen-bond donors (Lipinski definition) is 0. The van der Waals surface area contributed by atoms with E-state index in [4.69, 9.17) is 9.31 Å². The Morgan fingerprint density at radius 3 is 2.05 bits per heavy atom. The summed E-state index contributed by atoms with van der Waals surface area (Å²) in [6, 6.07) is 6.55.